The highest BCUT2D eigenvalue weighted by Gasteiger charge is 2.10. The highest BCUT2D eigenvalue weighted by molar-refractivity contribution is 6.07. The van der Waals surface area contributed by atoms with Gasteiger partial charge in [0.1, 0.15) is 11.5 Å². The average molecular weight is 344 g/mol. The molecular formula is C22H20N2O2. The van der Waals surface area contributed by atoms with Crippen molar-refractivity contribution in [2.24, 2.45) is 0 Å². The molecule has 1 aromatic heterocycles. The van der Waals surface area contributed by atoms with Crippen LogP contribution in [-0.2, 0) is 6.54 Å². The van der Waals surface area contributed by atoms with Gasteiger partial charge in [0.15, 0.2) is 0 Å². The number of fused-ring (bicyclic) bond motifs is 2. The topological polar surface area (TPSA) is 43.4 Å². The lowest BCUT2D eigenvalue weighted by molar-refractivity contribution is 0.391. The van der Waals surface area contributed by atoms with E-state index in [1.54, 1.807) is 14.2 Å². The summed E-state index contributed by atoms with van der Waals surface area (Å²) >= 11 is 0. The van der Waals surface area contributed by atoms with Gasteiger partial charge in [-0.25, -0.2) is 4.98 Å². The van der Waals surface area contributed by atoms with Crippen LogP contribution in [0.1, 0.15) is 5.56 Å². The first-order valence-electron chi connectivity index (χ1n) is 8.52. The average Bonchev–Trinajstić information content (AvgIpc) is 2.71. The van der Waals surface area contributed by atoms with Crippen LogP contribution in [0.2, 0.25) is 0 Å². The van der Waals surface area contributed by atoms with Gasteiger partial charge in [-0.2, -0.15) is 0 Å². The van der Waals surface area contributed by atoms with E-state index in [0.29, 0.717) is 6.54 Å². The van der Waals surface area contributed by atoms with Crippen LogP contribution in [0.4, 0.5) is 5.69 Å². The maximum atomic E-state index is 5.52. The third-order valence-electron chi connectivity index (χ3n) is 4.54. The molecule has 4 rings (SSSR count). The number of aromatic nitrogens is 1. The Balaban J connectivity index is 1.77. The quantitative estimate of drug-likeness (QED) is 0.516. The number of nitrogens with one attached hydrogen (secondary N) is 1. The molecule has 0 saturated heterocycles. The van der Waals surface area contributed by atoms with Crippen molar-refractivity contribution in [3.8, 4) is 11.5 Å². The lowest BCUT2D eigenvalue weighted by atomic mass is 10.1. The largest absolute Gasteiger partial charge is 0.497 e. The van der Waals surface area contributed by atoms with Gasteiger partial charge in [-0.3, -0.25) is 0 Å². The van der Waals surface area contributed by atoms with Crippen LogP contribution in [0.5, 0.6) is 11.5 Å². The van der Waals surface area contributed by atoms with Crippen LogP contribution in [0.3, 0.4) is 0 Å². The molecule has 1 N–H and O–H groups in total. The number of benzene rings is 3. The number of nitrogens with zero attached hydrogens (tertiary/aromatic N) is 1. The maximum Gasteiger partial charge on any atom is 0.127 e. The molecule has 130 valence electrons. The Bertz CT molecular complexity index is 1020. The SMILES string of the molecule is COc1ccc(CNc2c3ccccc3nc3ccccc23)c(OC)c1. The van der Waals surface area contributed by atoms with Gasteiger partial charge in [-0.1, -0.05) is 36.4 Å². The number of anilines is 1. The number of ether oxygens (including phenoxy) is 2. The number of methoxy groups -OCH3 is 2. The molecule has 0 fully saturated rings. The highest BCUT2D eigenvalue weighted by atomic mass is 16.5. The van der Waals surface area contributed by atoms with Gasteiger partial charge in [0.2, 0.25) is 0 Å². The molecule has 0 aliphatic rings. The van der Waals surface area contributed by atoms with Gasteiger partial charge >= 0.3 is 0 Å². The Kier molecular flexibility index (Phi) is 4.32. The van der Waals surface area contributed by atoms with Crippen molar-refractivity contribution < 1.29 is 9.47 Å². The van der Waals surface area contributed by atoms with E-state index >= 15 is 0 Å². The summed E-state index contributed by atoms with van der Waals surface area (Å²) in [5.74, 6) is 1.59. The molecule has 0 aliphatic heterocycles. The van der Waals surface area contributed by atoms with Gasteiger partial charge in [0, 0.05) is 28.9 Å². The minimum Gasteiger partial charge on any atom is -0.497 e. The molecule has 26 heavy (non-hydrogen) atoms. The van der Waals surface area contributed by atoms with E-state index in [9.17, 15) is 0 Å². The zero-order valence-corrected chi connectivity index (χ0v) is 14.8. The van der Waals surface area contributed by atoms with Gasteiger partial charge in [-0.15, -0.1) is 0 Å². The molecule has 4 nitrogen and oxygen atoms in total. The van der Waals surface area contributed by atoms with Crippen molar-refractivity contribution in [1.29, 1.82) is 0 Å². The summed E-state index contributed by atoms with van der Waals surface area (Å²) < 4.78 is 10.8. The Morgan fingerprint density at radius 3 is 2.08 bits per heavy atom. The normalized spacial score (nSPS) is 10.8. The molecule has 0 aliphatic carbocycles. The summed E-state index contributed by atoms with van der Waals surface area (Å²) in [7, 11) is 3.33. The van der Waals surface area contributed by atoms with Crippen molar-refractivity contribution in [1.82, 2.24) is 4.98 Å². The second-order valence-corrected chi connectivity index (χ2v) is 6.05. The van der Waals surface area contributed by atoms with Crippen molar-refractivity contribution in [3.63, 3.8) is 0 Å². The molecule has 4 heteroatoms. The predicted octanol–water partition coefficient (Wildman–Crippen LogP) is 5.02. The lowest BCUT2D eigenvalue weighted by Gasteiger charge is -2.15. The summed E-state index contributed by atoms with van der Waals surface area (Å²) in [5, 5.41) is 5.82. The molecule has 0 amide bonds. The van der Waals surface area contributed by atoms with Crippen LogP contribution in [0, 0.1) is 0 Å². The second-order valence-electron chi connectivity index (χ2n) is 6.05. The Morgan fingerprint density at radius 2 is 1.46 bits per heavy atom. The van der Waals surface area contributed by atoms with Crippen LogP contribution in [0.25, 0.3) is 21.8 Å². The third-order valence-corrected chi connectivity index (χ3v) is 4.54. The van der Waals surface area contributed by atoms with Gasteiger partial charge in [0.25, 0.3) is 0 Å². The minimum atomic E-state index is 0.644. The first-order chi connectivity index (χ1) is 12.8. The van der Waals surface area contributed by atoms with Gasteiger partial charge in [0.05, 0.1) is 30.9 Å². The van der Waals surface area contributed by atoms with Crippen LogP contribution >= 0.6 is 0 Å². The Morgan fingerprint density at radius 1 is 0.808 bits per heavy atom. The first-order valence-corrected chi connectivity index (χ1v) is 8.52. The summed E-state index contributed by atoms with van der Waals surface area (Å²) in [6, 6.07) is 22.3. The smallest absolute Gasteiger partial charge is 0.127 e. The Hall–Kier alpha value is -3.27. The molecular weight excluding hydrogens is 324 g/mol. The molecule has 1 heterocycles. The monoisotopic (exact) mass is 344 g/mol. The fourth-order valence-corrected chi connectivity index (χ4v) is 3.21. The molecule has 0 spiro atoms. The molecule has 0 bridgehead atoms. The number of para-hydroxylation sites is 2. The maximum absolute atomic E-state index is 5.52. The molecule has 0 radical (unpaired) electrons. The summed E-state index contributed by atoms with van der Waals surface area (Å²) in [5.41, 5.74) is 4.12. The number of hydrogen-bond donors (Lipinski definition) is 1. The van der Waals surface area contributed by atoms with E-state index in [1.807, 2.05) is 54.6 Å². The second kappa shape index (κ2) is 6.92. The van der Waals surface area contributed by atoms with Crippen molar-refractivity contribution in [2.45, 2.75) is 6.54 Å². The summed E-state index contributed by atoms with van der Waals surface area (Å²) in [6.45, 7) is 0.644. The molecule has 0 unspecified atom stereocenters. The zero-order valence-electron chi connectivity index (χ0n) is 14.8. The molecule has 4 aromatic rings. The zero-order chi connectivity index (χ0) is 17.9. The third kappa shape index (κ3) is 2.90. The fourth-order valence-electron chi connectivity index (χ4n) is 3.21. The predicted molar refractivity (Wildman–Crippen MR) is 106 cm³/mol. The van der Waals surface area contributed by atoms with E-state index in [-0.39, 0.29) is 0 Å². The van der Waals surface area contributed by atoms with Crippen LogP contribution < -0.4 is 14.8 Å². The number of pyridine rings is 1. The van der Waals surface area contributed by atoms with Crippen molar-refractivity contribution in [2.75, 3.05) is 19.5 Å². The van der Waals surface area contributed by atoms with Crippen LogP contribution in [0.15, 0.2) is 66.7 Å². The van der Waals surface area contributed by atoms with E-state index < -0.39 is 0 Å². The molecule has 3 aromatic carbocycles. The van der Waals surface area contributed by atoms with Crippen molar-refractivity contribution >= 4 is 27.5 Å². The van der Waals surface area contributed by atoms with E-state index in [4.69, 9.17) is 14.5 Å². The molecule has 0 saturated carbocycles. The molecule has 0 atom stereocenters. The van der Waals surface area contributed by atoms with Crippen LogP contribution in [-0.4, -0.2) is 19.2 Å². The number of rotatable bonds is 5. The Labute approximate surface area is 152 Å². The first kappa shape index (κ1) is 16.2. The number of hydrogen-bond acceptors (Lipinski definition) is 4. The summed E-state index contributed by atoms with van der Waals surface area (Å²) in [4.78, 5) is 4.77. The standard InChI is InChI=1S/C22H20N2O2/c1-25-16-12-11-15(21(13-16)26-2)14-23-22-17-7-3-5-9-19(17)24-20-10-6-4-8-18(20)22/h3-13H,14H2,1-2H3,(H,23,24). The van der Waals surface area contributed by atoms with E-state index in [2.05, 4.69) is 17.4 Å². The lowest BCUT2D eigenvalue weighted by Crippen LogP contribution is -2.03. The van der Waals surface area contributed by atoms with Gasteiger partial charge < -0.3 is 14.8 Å². The van der Waals surface area contributed by atoms with Crippen molar-refractivity contribution in [3.05, 3.63) is 72.3 Å². The van der Waals surface area contributed by atoms with E-state index in [0.717, 1.165) is 44.6 Å². The fraction of sp³-hybridized carbons (Fsp3) is 0.136. The van der Waals surface area contributed by atoms with E-state index in [1.165, 1.54) is 0 Å². The summed E-state index contributed by atoms with van der Waals surface area (Å²) in [6.07, 6.45) is 0. The minimum absolute atomic E-state index is 0.644. The van der Waals surface area contributed by atoms with Gasteiger partial charge in [-0.05, 0) is 24.3 Å². The highest BCUT2D eigenvalue weighted by Crippen LogP contribution is 2.32.